The summed E-state index contributed by atoms with van der Waals surface area (Å²) < 4.78 is 10.7. The summed E-state index contributed by atoms with van der Waals surface area (Å²) in [5.74, 6) is 0.974. The number of amides is 2. The third-order valence-corrected chi connectivity index (χ3v) is 5.04. The van der Waals surface area contributed by atoms with E-state index in [0.29, 0.717) is 18.9 Å². The molecular formula is C21H32N2O4. The molecule has 27 heavy (non-hydrogen) atoms. The summed E-state index contributed by atoms with van der Waals surface area (Å²) in [6.07, 6.45) is 6.73. The fraction of sp³-hybridized carbons (Fsp3) is 0.619. The summed E-state index contributed by atoms with van der Waals surface area (Å²) in [6, 6.07) is 7.43. The first kappa shape index (κ1) is 21.1. The summed E-state index contributed by atoms with van der Waals surface area (Å²) in [5.41, 5.74) is -1.10. The lowest BCUT2D eigenvalue weighted by atomic mass is 9.90. The number of hydrogen-bond acceptors (Lipinski definition) is 4. The second-order valence-corrected chi connectivity index (χ2v) is 7.57. The van der Waals surface area contributed by atoms with E-state index >= 15 is 0 Å². The minimum Gasteiger partial charge on any atom is -0.497 e. The highest BCUT2D eigenvalue weighted by Gasteiger charge is 2.36. The molecule has 6 heteroatoms. The maximum Gasteiger partial charge on any atom is 0.235 e. The van der Waals surface area contributed by atoms with Gasteiger partial charge in [-0.3, -0.25) is 9.59 Å². The van der Waals surface area contributed by atoms with Crippen molar-refractivity contribution in [1.29, 1.82) is 0 Å². The minimum absolute atomic E-state index is 0.186. The van der Waals surface area contributed by atoms with Crippen LogP contribution in [0.1, 0.15) is 52.4 Å². The minimum atomic E-state index is -1.10. The average Bonchev–Trinajstić information content (AvgIpc) is 2.94. The summed E-state index contributed by atoms with van der Waals surface area (Å²) >= 11 is 0. The van der Waals surface area contributed by atoms with Crippen LogP contribution < -0.4 is 20.1 Å². The van der Waals surface area contributed by atoms with Crippen LogP contribution in [0.25, 0.3) is 0 Å². The Kier molecular flexibility index (Phi) is 7.95. The zero-order chi connectivity index (χ0) is 19.7. The van der Waals surface area contributed by atoms with Crippen molar-refractivity contribution in [3.05, 3.63) is 24.3 Å². The lowest BCUT2D eigenvalue weighted by molar-refractivity contribution is -0.141. The van der Waals surface area contributed by atoms with Gasteiger partial charge < -0.3 is 20.1 Å². The van der Waals surface area contributed by atoms with Crippen LogP contribution in [-0.4, -0.2) is 38.1 Å². The topological polar surface area (TPSA) is 76.7 Å². The van der Waals surface area contributed by atoms with Crippen LogP contribution in [0.4, 0.5) is 0 Å². The lowest BCUT2D eigenvalue weighted by Crippen LogP contribution is -2.51. The van der Waals surface area contributed by atoms with E-state index in [2.05, 4.69) is 10.6 Å². The molecule has 150 valence electrons. The first-order valence-electron chi connectivity index (χ1n) is 9.79. The van der Waals surface area contributed by atoms with Crippen molar-refractivity contribution >= 4 is 11.8 Å². The van der Waals surface area contributed by atoms with Crippen LogP contribution in [0.15, 0.2) is 24.3 Å². The van der Waals surface area contributed by atoms with E-state index in [1.165, 1.54) is 12.8 Å². The summed E-state index contributed by atoms with van der Waals surface area (Å²) in [7, 11) is 1.61. The van der Waals surface area contributed by atoms with Gasteiger partial charge >= 0.3 is 0 Å². The van der Waals surface area contributed by atoms with Crippen LogP contribution >= 0.6 is 0 Å². The molecule has 1 fully saturated rings. The van der Waals surface area contributed by atoms with Crippen LogP contribution in [0.2, 0.25) is 0 Å². The second kappa shape index (κ2) is 10.2. The molecule has 1 aromatic carbocycles. The molecule has 0 heterocycles. The van der Waals surface area contributed by atoms with Crippen molar-refractivity contribution in [2.75, 3.05) is 20.3 Å². The highest BCUT2D eigenvalue weighted by atomic mass is 16.5. The normalized spacial score (nSPS) is 15.5. The van der Waals surface area contributed by atoms with Gasteiger partial charge in [0, 0.05) is 6.04 Å². The monoisotopic (exact) mass is 376 g/mol. The number of methoxy groups -OCH3 is 1. The number of carbonyl (C=O) groups is 2. The lowest BCUT2D eigenvalue weighted by Gasteiger charge is -2.26. The van der Waals surface area contributed by atoms with Gasteiger partial charge in [0.25, 0.3) is 0 Å². The second-order valence-electron chi connectivity index (χ2n) is 7.57. The molecule has 0 spiro atoms. The van der Waals surface area contributed by atoms with Gasteiger partial charge in [0.2, 0.25) is 11.8 Å². The predicted molar refractivity (Wildman–Crippen MR) is 105 cm³/mol. The van der Waals surface area contributed by atoms with Gasteiger partial charge in [-0.1, -0.05) is 25.7 Å². The Balaban J connectivity index is 1.74. The van der Waals surface area contributed by atoms with E-state index in [1.807, 2.05) is 24.3 Å². The molecule has 0 radical (unpaired) electrons. The molecule has 0 atom stereocenters. The maximum atomic E-state index is 12.6. The predicted octanol–water partition coefficient (Wildman–Crippen LogP) is 3.06. The van der Waals surface area contributed by atoms with Crippen LogP contribution in [0.3, 0.4) is 0 Å². The molecule has 2 amide bonds. The van der Waals surface area contributed by atoms with Gasteiger partial charge in [0.05, 0.1) is 13.7 Å². The van der Waals surface area contributed by atoms with Crippen LogP contribution in [0, 0.1) is 5.41 Å². The molecule has 0 aromatic heterocycles. The van der Waals surface area contributed by atoms with E-state index in [4.69, 9.17) is 9.47 Å². The Labute approximate surface area is 162 Å². The van der Waals surface area contributed by atoms with Crippen molar-refractivity contribution in [3.8, 4) is 11.5 Å². The number of carbonyl (C=O) groups excluding carboxylic acids is 2. The first-order chi connectivity index (χ1) is 12.9. The Morgan fingerprint density at radius 2 is 1.59 bits per heavy atom. The number of nitrogens with one attached hydrogen (secondary N) is 2. The Morgan fingerprint density at radius 3 is 2.19 bits per heavy atom. The Morgan fingerprint density at radius 1 is 1.00 bits per heavy atom. The van der Waals surface area contributed by atoms with Crippen molar-refractivity contribution < 1.29 is 19.1 Å². The van der Waals surface area contributed by atoms with E-state index < -0.39 is 5.41 Å². The molecule has 0 bridgehead atoms. The highest BCUT2D eigenvalue weighted by Crippen LogP contribution is 2.21. The fourth-order valence-corrected chi connectivity index (χ4v) is 3.12. The number of hydrogen-bond donors (Lipinski definition) is 2. The van der Waals surface area contributed by atoms with Gasteiger partial charge in [-0.15, -0.1) is 0 Å². The Bertz CT molecular complexity index is 605. The average molecular weight is 376 g/mol. The molecule has 0 aliphatic heterocycles. The van der Waals surface area contributed by atoms with Gasteiger partial charge in [-0.2, -0.15) is 0 Å². The standard InChI is InChI=1S/C21H32N2O4/c1-21(2,20(25)23-16-8-6-4-5-7-9-16)19(24)22-14-15-27-18-12-10-17(26-3)11-13-18/h10-13,16H,4-9,14-15H2,1-3H3,(H,22,24)(H,23,25). The zero-order valence-corrected chi connectivity index (χ0v) is 16.7. The van der Waals surface area contributed by atoms with E-state index in [9.17, 15) is 9.59 Å². The Hall–Kier alpha value is -2.24. The zero-order valence-electron chi connectivity index (χ0n) is 16.7. The summed E-state index contributed by atoms with van der Waals surface area (Å²) in [4.78, 5) is 25.1. The molecule has 1 aliphatic rings. The van der Waals surface area contributed by atoms with Crippen molar-refractivity contribution in [1.82, 2.24) is 10.6 Å². The molecule has 2 N–H and O–H groups in total. The van der Waals surface area contributed by atoms with Gasteiger partial charge in [-0.05, 0) is 51.0 Å². The molecular weight excluding hydrogens is 344 g/mol. The third kappa shape index (κ3) is 6.45. The molecule has 2 rings (SSSR count). The van der Waals surface area contributed by atoms with Gasteiger partial charge in [0.15, 0.2) is 0 Å². The number of ether oxygens (including phenoxy) is 2. The van der Waals surface area contributed by atoms with Crippen molar-refractivity contribution in [2.45, 2.75) is 58.4 Å². The van der Waals surface area contributed by atoms with Crippen LogP contribution in [-0.2, 0) is 9.59 Å². The molecule has 1 aromatic rings. The van der Waals surface area contributed by atoms with E-state index in [0.717, 1.165) is 31.4 Å². The van der Waals surface area contributed by atoms with E-state index in [1.54, 1.807) is 21.0 Å². The number of benzene rings is 1. The van der Waals surface area contributed by atoms with Gasteiger partial charge in [0.1, 0.15) is 23.5 Å². The number of rotatable bonds is 8. The fourth-order valence-electron chi connectivity index (χ4n) is 3.12. The largest absolute Gasteiger partial charge is 0.497 e. The quantitative estimate of drug-likeness (QED) is 0.415. The molecule has 1 aliphatic carbocycles. The SMILES string of the molecule is COc1ccc(OCCNC(=O)C(C)(C)C(=O)NC2CCCCCC2)cc1. The summed E-state index contributed by atoms with van der Waals surface area (Å²) in [6.45, 7) is 4.00. The van der Waals surface area contributed by atoms with Crippen molar-refractivity contribution in [3.63, 3.8) is 0 Å². The molecule has 1 saturated carbocycles. The molecule has 0 saturated heterocycles. The first-order valence-corrected chi connectivity index (χ1v) is 9.79. The smallest absolute Gasteiger partial charge is 0.235 e. The highest BCUT2D eigenvalue weighted by molar-refractivity contribution is 6.04. The van der Waals surface area contributed by atoms with Crippen molar-refractivity contribution in [2.24, 2.45) is 5.41 Å². The molecule has 0 unspecified atom stereocenters. The maximum absolute atomic E-state index is 12.6. The van der Waals surface area contributed by atoms with Gasteiger partial charge in [-0.25, -0.2) is 0 Å². The third-order valence-electron chi connectivity index (χ3n) is 5.04. The van der Waals surface area contributed by atoms with E-state index in [-0.39, 0.29) is 17.9 Å². The van der Waals surface area contributed by atoms with Crippen LogP contribution in [0.5, 0.6) is 11.5 Å². The molecule has 6 nitrogen and oxygen atoms in total. The summed E-state index contributed by atoms with van der Waals surface area (Å²) in [5, 5.41) is 5.86.